The molecule has 0 saturated heterocycles. The van der Waals surface area contributed by atoms with Crippen LogP contribution in [0.5, 0.6) is 0 Å². The van der Waals surface area contributed by atoms with Crippen LogP contribution in [0.25, 0.3) is 0 Å². The van der Waals surface area contributed by atoms with E-state index in [2.05, 4.69) is 5.43 Å². The molecule has 2 rings (SSSR count). The van der Waals surface area contributed by atoms with Gasteiger partial charge >= 0.3 is 0 Å². The second-order valence-electron chi connectivity index (χ2n) is 3.58. The normalized spacial score (nSPS) is 12.6. The monoisotopic (exact) mass is 220 g/mol. The molecule has 0 aliphatic carbocycles. The molecule has 0 bridgehead atoms. The number of benzene rings is 1. The lowest BCUT2D eigenvalue weighted by molar-refractivity contribution is 0.505. The van der Waals surface area contributed by atoms with Crippen molar-refractivity contribution >= 4 is 0 Å². The van der Waals surface area contributed by atoms with E-state index in [0.29, 0.717) is 12.0 Å². The SMILES string of the molecule is NNC(Cc1ccoc1)c1ccccc1F. The summed E-state index contributed by atoms with van der Waals surface area (Å²) in [5.41, 5.74) is 4.16. The zero-order valence-electron chi connectivity index (χ0n) is 8.69. The van der Waals surface area contributed by atoms with Crippen LogP contribution in [-0.2, 0) is 6.42 Å². The van der Waals surface area contributed by atoms with Crippen LogP contribution in [0, 0.1) is 5.82 Å². The fraction of sp³-hybridized carbons (Fsp3) is 0.167. The Morgan fingerprint density at radius 1 is 1.31 bits per heavy atom. The first-order chi connectivity index (χ1) is 7.81. The summed E-state index contributed by atoms with van der Waals surface area (Å²) in [4.78, 5) is 0. The van der Waals surface area contributed by atoms with Crippen LogP contribution in [-0.4, -0.2) is 0 Å². The summed E-state index contributed by atoms with van der Waals surface area (Å²) in [6.45, 7) is 0. The third kappa shape index (κ3) is 2.29. The topological polar surface area (TPSA) is 51.2 Å². The summed E-state index contributed by atoms with van der Waals surface area (Å²) in [6, 6.07) is 8.18. The Morgan fingerprint density at radius 3 is 2.75 bits per heavy atom. The van der Waals surface area contributed by atoms with Gasteiger partial charge in [-0.05, 0) is 24.1 Å². The van der Waals surface area contributed by atoms with E-state index in [-0.39, 0.29) is 11.9 Å². The quantitative estimate of drug-likeness (QED) is 0.613. The first-order valence-electron chi connectivity index (χ1n) is 5.03. The third-order valence-electron chi connectivity index (χ3n) is 2.50. The summed E-state index contributed by atoms with van der Waals surface area (Å²) < 4.78 is 18.5. The number of nitrogens with two attached hydrogens (primary N) is 1. The molecule has 0 radical (unpaired) electrons. The molecule has 1 heterocycles. The van der Waals surface area contributed by atoms with E-state index >= 15 is 0 Å². The molecule has 1 atom stereocenters. The first-order valence-corrected chi connectivity index (χ1v) is 5.03. The third-order valence-corrected chi connectivity index (χ3v) is 2.50. The molecule has 3 nitrogen and oxygen atoms in total. The molecule has 2 aromatic rings. The van der Waals surface area contributed by atoms with Crippen molar-refractivity contribution in [1.29, 1.82) is 0 Å². The smallest absolute Gasteiger partial charge is 0.128 e. The lowest BCUT2D eigenvalue weighted by atomic mass is 10.0. The van der Waals surface area contributed by atoms with Crippen LogP contribution in [0.4, 0.5) is 4.39 Å². The fourth-order valence-electron chi connectivity index (χ4n) is 1.66. The van der Waals surface area contributed by atoms with Gasteiger partial charge in [0, 0.05) is 5.56 Å². The Bertz CT molecular complexity index is 442. The average molecular weight is 220 g/mol. The molecule has 84 valence electrons. The van der Waals surface area contributed by atoms with Gasteiger partial charge in [-0.3, -0.25) is 11.3 Å². The maximum absolute atomic E-state index is 13.5. The van der Waals surface area contributed by atoms with E-state index in [1.807, 2.05) is 6.07 Å². The predicted octanol–water partition coefficient (Wildman–Crippen LogP) is 2.17. The van der Waals surface area contributed by atoms with Crippen LogP contribution in [0.3, 0.4) is 0 Å². The number of hydrogen-bond donors (Lipinski definition) is 2. The average Bonchev–Trinajstić information content (AvgIpc) is 2.80. The Kier molecular flexibility index (Phi) is 3.34. The standard InChI is InChI=1S/C12H13FN2O/c13-11-4-2-1-3-10(11)12(15-14)7-9-5-6-16-8-9/h1-6,8,12,15H,7,14H2. The van der Waals surface area contributed by atoms with Crippen LogP contribution in [0.1, 0.15) is 17.2 Å². The van der Waals surface area contributed by atoms with Gasteiger partial charge in [0.25, 0.3) is 0 Å². The highest BCUT2D eigenvalue weighted by atomic mass is 19.1. The van der Waals surface area contributed by atoms with Gasteiger partial charge in [0.2, 0.25) is 0 Å². The first kappa shape index (κ1) is 10.9. The molecule has 1 aromatic carbocycles. The molecule has 3 N–H and O–H groups in total. The molecular formula is C12H13FN2O. The Labute approximate surface area is 93.0 Å². The summed E-state index contributed by atoms with van der Waals surface area (Å²) in [6.07, 6.45) is 3.81. The van der Waals surface area contributed by atoms with E-state index < -0.39 is 0 Å². The number of hydrazine groups is 1. The zero-order valence-corrected chi connectivity index (χ0v) is 8.69. The fourth-order valence-corrected chi connectivity index (χ4v) is 1.66. The minimum atomic E-state index is -0.256. The van der Waals surface area contributed by atoms with Crippen LogP contribution >= 0.6 is 0 Å². The zero-order chi connectivity index (χ0) is 11.4. The molecule has 4 heteroatoms. The van der Waals surface area contributed by atoms with Gasteiger partial charge in [0.1, 0.15) is 5.82 Å². The lowest BCUT2D eigenvalue weighted by Gasteiger charge is -2.15. The highest BCUT2D eigenvalue weighted by molar-refractivity contribution is 5.23. The maximum Gasteiger partial charge on any atom is 0.128 e. The highest BCUT2D eigenvalue weighted by Gasteiger charge is 2.14. The van der Waals surface area contributed by atoms with Crippen molar-refractivity contribution in [3.8, 4) is 0 Å². The second-order valence-corrected chi connectivity index (χ2v) is 3.58. The van der Waals surface area contributed by atoms with Gasteiger partial charge in [-0.1, -0.05) is 18.2 Å². The van der Waals surface area contributed by atoms with Crippen molar-refractivity contribution in [2.45, 2.75) is 12.5 Å². The van der Waals surface area contributed by atoms with E-state index in [0.717, 1.165) is 5.56 Å². The predicted molar refractivity (Wildman–Crippen MR) is 58.9 cm³/mol. The Hall–Kier alpha value is -1.65. The van der Waals surface area contributed by atoms with E-state index in [4.69, 9.17) is 10.3 Å². The summed E-state index contributed by atoms with van der Waals surface area (Å²) >= 11 is 0. The lowest BCUT2D eigenvalue weighted by Crippen LogP contribution is -2.30. The summed E-state index contributed by atoms with van der Waals surface area (Å²) in [5.74, 6) is 5.19. The Morgan fingerprint density at radius 2 is 2.12 bits per heavy atom. The van der Waals surface area contributed by atoms with Crippen molar-refractivity contribution in [3.05, 3.63) is 59.8 Å². The number of hydrogen-bond acceptors (Lipinski definition) is 3. The van der Waals surface area contributed by atoms with Gasteiger partial charge < -0.3 is 4.42 Å². The van der Waals surface area contributed by atoms with Crippen molar-refractivity contribution in [2.75, 3.05) is 0 Å². The van der Waals surface area contributed by atoms with Gasteiger partial charge in [-0.2, -0.15) is 0 Å². The van der Waals surface area contributed by atoms with E-state index in [1.165, 1.54) is 6.07 Å². The number of rotatable bonds is 4. The molecule has 0 aliphatic heterocycles. The van der Waals surface area contributed by atoms with Gasteiger partial charge in [-0.15, -0.1) is 0 Å². The molecular weight excluding hydrogens is 207 g/mol. The molecule has 1 unspecified atom stereocenters. The molecule has 0 aliphatic rings. The second kappa shape index (κ2) is 4.92. The molecule has 0 amide bonds. The summed E-state index contributed by atoms with van der Waals surface area (Å²) in [5, 5.41) is 0. The molecule has 1 aromatic heterocycles. The number of nitrogens with one attached hydrogen (secondary N) is 1. The molecule has 0 fully saturated rings. The summed E-state index contributed by atoms with van der Waals surface area (Å²) in [7, 11) is 0. The van der Waals surface area contributed by atoms with E-state index in [1.54, 1.807) is 30.7 Å². The van der Waals surface area contributed by atoms with E-state index in [9.17, 15) is 4.39 Å². The van der Waals surface area contributed by atoms with Gasteiger partial charge in [0.05, 0.1) is 18.6 Å². The van der Waals surface area contributed by atoms with Crippen molar-refractivity contribution < 1.29 is 8.81 Å². The van der Waals surface area contributed by atoms with Crippen LogP contribution < -0.4 is 11.3 Å². The number of halogens is 1. The molecule has 16 heavy (non-hydrogen) atoms. The van der Waals surface area contributed by atoms with Gasteiger partial charge in [-0.25, -0.2) is 4.39 Å². The minimum absolute atomic E-state index is 0.251. The van der Waals surface area contributed by atoms with Gasteiger partial charge in [0.15, 0.2) is 0 Å². The van der Waals surface area contributed by atoms with Crippen LogP contribution in [0.2, 0.25) is 0 Å². The highest BCUT2D eigenvalue weighted by Crippen LogP contribution is 2.20. The number of furan rings is 1. The molecule has 0 spiro atoms. The maximum atomic E-state index is 13.5. The molecule has 0 saturated carbocycles. The van der Waals surface area contributed by atoms with Crippen molar-refractivity contribution in [1.82, 2.24) is 5.43 Å². The van der Waals surface area contributed by atoms with Crippen molar-refractivity contribution in [3.63, 3.8) is 0 Å². The van der Waals surface area contributed by atoms with Crippen LogP contribution in [0.15, 0.2) is 47.3 Å². The minimum Gasteiger partial charge on any atom is -0.472 e. The largest absolute Gasteiger partial charge is 0.472 e. The Balaban J connectivity index is 2.20. The van der Waals surface area contributed by atoms with Crippen molar-refractivity contribution in [2.24, 2.45) is 5.84 Å².